The average molecular weight is 400 g/mol. The van der Waals surface area contributed by atoms with E-state index >= 15 is 0 Å². The van der Waals surface area contributed by atoms with E-state index in [1.807, 2.05) is 24.3 Å². The predicted molar refractivity (Wildman–Crippen MR) is 119 cm³/mol. The Morgan fingerprint density at radius 2 is 2.03 bits per heavy atom. The molecule has 0 spiro atoms. The molecule has 1 N–H and O–H groups in total. The highest BCUT2D eigenvalue weighted by Gasteiger charge is 2.22. The van der Waals surface area contributed by atoms with E-state index < -0.39 is 0 Å². The number of azo groups is 1. The maximum absolute atomic E-state index is 10.9. The van der Waals surface area contributed by atoms with E-state index in [9.17, 15) is 5.11 Å². The molecule has 1 saturated heterocycles. The molecule has 6 heteroatoms. The van der Waals surface area contributed by atoms with Crippen LogP contribution < -0.4 is 0 Å². The van der Waals surface area contributed by atoms with E-state index in [2.05, 4.69) is 33.6 Å². The fourth-order valence-corrected chi connectivity index (χ4v) is 4.33. The van der Waals surface area contributed by atoms with E-state index in [1.165, 1.54) is 19.3 Å². The highest BCUT2D eigenvalue weighted by molar-refractivity contribution is 5.98. The van der Waals surface area contributed by atoms with Crippen LogP contribution in [0.15, 0.2) is 51.7 Å². The van der Waals surface area contributed by atoms with Crippen LogP contribution in [-0.2, 0) is 0 Å². The largest absolute Gasteiger partial charge is 0.504 e. The molecule has 0 aliphatic carbocycles. The van der Waals surface area contributed by atoms with Gasteiger partial charge in [-0.15, -0.1) is 10.2 Å². The van der Waals surface area contributed by atoms with Crippen molar-refractivity contribution >= 4 is 34.1 Å². The summed E-state index contributed by atoms with van der Waals surface area (Å²) in [4.78, 5) is 6.65. The number of rotatable bonds is 4. The molecule has 6 nitrogen and oxygen atoms in total. The number of hydrogen-bond donors (Lipinski definition) is 1. The van der Waals surface area contributed by atoms with Crippen molar-refractivity contribution in [2.24, 2.45) is 10.2 Å². The number of hydrogen-bond acceptors (Lipinski definition) is 6. The van der Waals surface area contributed by atoms with E-state index in [4.69, 9.17) is 4.42 Å². The SMILES string of the molecule is C=C(CN1CCCCC1)c1c(C)ccc2c(O)c(C=C3N=Nc4ncccc43)oc12. The lowest BCUT2D eigenvalue weighted by atomic mass is 9.98. The Bertz CT molecular complexity index is 1200. The van der Waals surface area contributed by atoms with Gasteiger partial charge in [0, 0.05) is 29.9 Å². The first-order valence-electron chi connectivity index (χ1n) is 10.4. The van der Waals surface area contributed by atoms with Gasteiger partial charge in [-0.25, -0.2) is 4.98 Å². The molecule has 4 heterocycles. The molecule has 3 aromatic rings. The van der Waals surface area contributed by atoms with Crippen LogP contribution in [-0.4, -0.2) is 34.6 Å². The fraction of sp³-hybridized carbons (Fsp3) is 0.292. The number of nitrogens with zero attached hydrogens (tertiary/aromatic N) is 4. The van der Waals surface area contributed by atoms with Gasteiger partial charge < -0.3 is 9.52 Å². The van der Waals surface area contributed by atoms with E-state index in [0.717, 1.165) is 41.9 Å². The van der Waals surface area contributed by atoms with Gasteiger partial charge in [0.15, 0.2) is 17.3 Å². The van der Waals surface area contributed by atoms with Gasteiger partial charge in [0.25, 0.3) is 0 Å². The minimum Gasteiger partial charge on any atom is -0.504 e. The highest BCUT2D eigenvalue weighted by atomic mass is 16.4. The van der Waals surface area contributed by atoms with Gasteiger partial charge >= 0.3 is 0 Å². The number of aromatic hydroxyl groups is 1. The predicted octanol–water partition coefficient (Wildman–Crippen LogP) is 5.94. The van der Waals surface area contributed by atoms with E-state index in [-0.39, 0.29) is 5.75 Å². The molecule has 30 heavy (non-hydrogen) atoms. The summed E-state index contributed by atoms with van der Waals surface area (Å²) < 4.78 is 6.17. The van der Waals surface area contributed by atoms with Gasteiger partial charge in [-0.3, -0.25) is 4.90 Å². The minimum atomic E-state index is 0.108. The number of pyridine rings is 1. The van der Waals surface area contributed by atoms with Crippen LogP contribution in [0.25, 0.3) is 28.3 Å². The monoisotopic (exact) mass is 400 g/mol. The molecule has 1 fully saturated rings. The maximum Gasteiger partial charge on any atom is 0.183 e. The van der Waals surface area contributed by atoms with E-state index in [1.54, 1.807) is 12.3 Å². The number of fused-ring (bicyclic) bond motifs is 2. The topological polar surface area (TPSA) is 74.2 Å². The number of likely N-dealkylation sites (tertiary alicyclic amines) is 1. The van der Waals surface area contributed by atoms with Gasteiger partial charge in [-0.2, -0.15) is 0 Å². The third kappa shape index (κ3) is 3.23. The first-order valence-corrected chi connectivity index (χ1v) is 10.4. The third-order valence-corrected chi connectivity index (χ3v) is 5.87. The lowest BCUT2D eigenvalue weighted by Gasteiger charge is -2.27. The van der Waals surface area contributed by atoms with Crippen molar-refractivity contribution in [3.05, 3.63) is 59.5 Å². The van der Waals surface area contributed by atoms with Crippen molar-refractivity contribution in [1.82, 2.24) is 9.88 Å². The molecule has 0 unspecified atom stereocenters. The van der Waals surface area contributed by atoms with Crippen molar-refractivity contribution in [3.63, 3.8) is 0 Å². The molecule has 0 bridgehead atoms. The summed E-state index contributed by atoms with van der Waals surface area (Å²) in [5, 5.41) is 19.8. The van der Waals surface area contributed by atoms with Crippen LogP contribution in [0.5, 0.6) is 5.75 Å². The van der Waals surface area contributed by atoms with Crippen LogP contribution in [0.1, 0.15) is 41.7 Å². The summed E-state index contributed by atoms with van der Waals surface area (Å²) in [6.07, 6.45) is 7.18. The number of aromatic nitrogens is 1. The van der Waals surface area contributed by atoms with Crippen LogP contribution in [0, 0.1) is 6.92 Å². The minimum absolute atomic E-state index is 0.108. The molecule has 5 rings (SSSR count). The van der Waals surface area contributed by atoms with Crippen molar-refractivity contribution < 1.29 is 9.52 Å². The van der Waals surface area contributed by atoms with Gasteiger partial charge in [0.1, 0.15) is 11.3 Å². The Kier molecular flexibility index (Phi) is 4.71. The molecule has 0 amide bonds. The zero-order valence-electron chi connectivity index (χ0n) is 17.1. The molecule has 0 atom stereocenters. The summed E-state index contributed by atoms with van der Waals surface area (Å²) in [5.41, 5.74) is 5.20. The molecule has 1 aromatic carbocycles. The Labute approximate surface area is 175 Å². The summed E-state index contributed by atoms with van der Waals surface area (Å²) in [5.74, 6) is 1.05. The molecule has 2 aliphatic rings. The lowest BCUT2D eigenvalue weighted by molar-refractivity contribution is 0.255. The number of furan rings is 1. The summed E-state index contributed by atoms with van der Waals surface area (Å²) in [6, 6.07) is 7.66. The zero-order valence-corrected chi connectivity index (χ0v) is 17.1. The highest BCUT2D eigenvalue weighted by Crippen LogP contribution is 2.41. The quantitative estimate of drug-likeness (QED) is 0.588. The van der Waals surface area contributed by atoms with Crippen molar-refractivity contribution in [1.29, 1.82) is 0 Å². The fourth-order valence-electron chi connectivity index (χ4n) is 4.33. The van der Waals surface area contributed by atoms with Crippen LogP contribution in [0.2, 0.25) is 0 Å². The van der Waals surface area contributed by atoms with Crippen LogP contribution >= 0.6 is 0 Å². The number of benzene rings is 1. The van der Waals surface area contributed by atoms with Crippen LogP contribution in [0.4, 0.5) is 5.82 Å². The van der Waals surface area contributed by atoms with E-state index in [0.29, 0.717) is 28.2 Å². The molecular formula is C24H24N4O2. The second kappa shape index (κ2) is 7.54. The molecule has 2 aliphatic heterocycles. The van der Waals surface area contributed by atoms with Crippen molar-refractivity contribution in [2.75, 3.05) is 19.6 Å². The Hall–Kier alpha value is -3.25. The molecular weight excluding hydrogens is 376 g/mol. The summed E-state index contributed by atoms with van der Waals surface area (Å²) >= 11 is 0. The lowest BCUT2D eigenvalue weighted by Crippen LogP contribution is -2.31. The summed E-state index contributed by atoms with van der Waals surface area (Å²) in [7, 11) is 0. The summed E-state index contributed by atoms with van der Waals surface area (Å²) in [6.45, 7) is 9.44. The Morgan fingerprint density at radius 1 is 1.20 bits per heavy atom. The normalized spacial score (nSPS) is 17.7. The van der Waals surface area contributed by atoms with Gasteiger partial charge in [-0.1, -0.05) is 19.1 Å². The first-order chi connectivity index (χ1) is 14.6. The van der Waals surface area contributed by atoms with Crippen molar-refractivity contribution in [3.8, 4) is 5.75 Å². The van der Waals surface area contributed by atoms with Crippen LogP contribution in [0.3, 0.4) is 0 Å². The van der Waals surface area contributed by atoms with Gasteiger partial charge in [-0.05, 0) is 62.2 Å². The number of aryl methyl sites for hydroxylation is 1. The smallest absolute Gasteiger partial charge is 0.183 e. The maximum atomic E-state index is 10.9. The standard InChI is InChI=1S/C24H24N4O2/c1-15-8-9-18-22(29)20(13-19-17-7-6-10-25-24(17)27-26-19)30-23(18)21(15)16(2)14-28-11-4-3-5-12-28/h6-10,13,29H,2-5,11-12,14H2,1H3. The number of piperidine rings is 1. The second-order valence-corrected chi connectivity index (χ2v) is 7.99. The zero-order chi connectivity index (χ0) is 20.7. The second-order valence-electron chi connectivity index (χ2n) is 7.99. The Morgan fingerprint density at radius 3 is 2.87 bits per heavy atom. The van der Waals surface area contributed by atoms with Crippen molar-refractivity contribution in [2.45, 2.75) is 26.2 Å². The molecule has 0 radical (unpaired) electrons. The average Bonchev–Trinajstić information content (AvgIpc) is 3.30. The van der Waals surface area contributed by atoms with Gasteiger partial charge in [0.05, 0.1) is 5.39 Å². The Balaban J connectivity index is 1.54. The molecule has 0 saturated carbocycles. The molecule has 2 aromatic heterocycles. The molecule has 152 valence electrons. The van der Waals surface area contributed by atoms with Gasteiger partial charge in [0.2, 0.25) is 0 Å². The third-order valence-electron chi connectivity index (χ3n) is 5.87. The first kappa shape index (κ1) is 18.8.